The topological polar surface area (TPSA) is 793 Å². The molecule has 1 fully saturated rings. The number of primary amides is 1. The molecule has 0 aromatic rings. The van der Waals surface area contributed by atoms with Gasteiger partial charge in [0.25, 0.3) is 0 Å². The Morgan fingerprint density at radius 2 is 0.724 bits per heavy atom. The molecular formula is C60H116N32O12S. The van der Waals surface area contributed by atoms with Crippen LogP contribution in [0, 0.1) is 0 Å². The molecule has 594 valence electrons. The van der Waals surface area contributed by atoms with Crippen molar-refractivity contribution in [1.82, 2.24) is 58.1 Å². The van der Waals surface area contributed by atoms with E-state index in [0.717, 1.165) is 4.90 Å². The molecule has 0 radical (unpaired) electrons. The molecule has 45 heteroatoms. The molecule has 1 aliphatic heterocycles. The van der Waals surface area contributed by atoms with Crippen molar-refractivity contribution >= 4 is 119 Å². The fraction of sp³-hybridized carbons (Fsp3) is 0.700. The van der Waals surface area contributed by atoms with Gasteiger partial charge < -0.3 is 144 Å². The average Bonchev–Trinajstić information content (AvgIpc) is 0.854. The third-order valence-electron chi connectivity index (χ3n) is 15.6. The second kappa shape index (κ2) is 53.3. The van der Waals surface area contributed by atoms with Crippen molar-refractivity contribution in [3.05, 3.63) is 0 Å². The Labute approximate surface area is 615 Å². The number of rotatable bonds is 43. The standard InChI is InChI=1S/C60H116N32O12S/c61-22-3-1-12-36-49(99)86-37(13-2-4-23-62)50(100)88-39(17-9-27-80-58(70)71)52(102)90-41(19-11-29-82-60(74)75)54(104)92(31-30-76-43(93)20-5-21-44(94)83-34(47(97)85-36)14-6-24-77-55(64)65)32-45(95)84-35(15-7-25-78-56(66)67)48(98)87-38(16-8-26-79-57(68)69)51(101)89-40(18-10-28-81-59(72)73)53(103)91-42(33-105)46(63)96/h34-42,105H,1-33,61-62H2,(H2,63,96)(H,76,93)(H,83,94)(H,84,95)(H,85,97)(H,86,99)(H,87,98)(H,88,100)(H,89,101)(H,90,102)(H,91,103)(H4,64,65,77)(H4,66,67,78)(H4,68,69,79)(H4,70,71,80)(H4,72,73,81)(H4,74,75,82)/t34-,35-,36-,37-,38-,39-,40-,41-,42-/m0/s1. The highest BCUT2D eigenvalue weighted by atomic mass is 32.1. The van der Waals surface area contributed by atoms with Gasteiger partial charge in [-0.25, -0.2) is 0 Å². The van der Waals surface area contributed by atoms with Gasteiger partial charge in [-0.1, -0.05) is 0 Å². The van der Waals surface area contributed by atoms with E-state index in [1.165, 1.54) is 0 Å². The molecule has 44 nitrogen and oxygen atoms in total. The van der Waals surface area contributed by atoms with E-state index in [0.29, 0.717) is 19.3 Å². The van der Waals surface area contributed by atoms with E-state index in [2.05, 4.69) is 95.8 Å². The number of nitrogens with one attached hydrogen (secondary N) is 10. The second-order valence-corrected chi connectivity index (χ2v) is 24.8. The van der Waals surface area contributed by atoms with Crippen LogP contribution in [0.15, 0.2) is 30.0 Å². The van der Waals surface area contributed by atoms with Gasteiger partial charge in [0, 0.05) is 71.0 Å². The van der Waals surface area contributed by atoms with Crippen molar-refractivity contribution in [3.8, 4) is 0 Å². The normalized spacial score (nSPS) is 18.4. The molecule has 1 rings (SSSR count). The first-order chi connectivity index (χ1) is 49.8. The van der Waals surface area contributed by atoms with Gasteiger partial charge >= 0.3 is 0 Å². The number of guanidine groups is 6. The van der Waals surface area contributed by atoms with Crippen LogP contribution in [-0.2, 0) is 57.5 Å². The molecular weight excluding hydrogens is 1390 g/mol. The summed E-state index contributed by atoms with van der Waals surface area (Å²) in [6, 6.07) is -12.8. The third-order valence-corrected chi connectivity index (χ3v) is 16.0. The highest BCUT2D eigenvalue weighted by Crippen LogP contribution is 2.14. The van der Waals surface area contributed by atoms with Gasteiger partial charge in [0.05, 0.1) is 6.54 Å². The van der Waals surface area contributed by atoms with Gasteiger partial charge in [-0.15, -0.1) is 0 Å². The Balaban J connectivity index is 4.25. The molecule has 0 saturated carbocycles. The van der Waals surface area contributed by atoms with E-state index in [1.54, 1.807) is 0 Å². The number of carbonyl (C=O) groups is 12. The van der Waals surface area contributed by atoms with Gasteiger partial charge in [-0.3, -0.25) is 87.5 Å². The van der Waals surface area contributed by atoms with Gasteiger partial charge in [0.15, 0.2) is 35.8 Å². The lowest BCUT2D eigenvalue weighted by atomic mass is 10.0. The summed E-state index contributed by atoms with van der Waals surface area (Å²) in [6.45, 7) is -1.49. The molecule has 1 saturated heterocycles. The molecule has 9 atom stereocenters. The number of amides is 12. The van der Waals surface area contributed by atoms with Crippen LogP contribution in [0.1, 0.15) is 135 Å². The number of aliphatic imine (C=N–C) groups is 6. The lowest BCUT2D eigenvalue weighted by molar-refractivity contribution is -0.141. The molecule has 0 bridgehead atoms. The van der Waals surface area contributed by atoms with E-state index in [1.807, 2.05) is 0 Å². The summed E-state index contributed by atoms with van der Waals surface area (Å²) < 4.78 is 0. The van der Waals surface area contributed by atoms with Crippen LogP contribution in [0.5, 0.6) is 0 Å². The van der Waals surface area contributed by atoms with Crippen LogP contribution in [0.2, 0.25) is 0 Å². The van der Waals surface area contributed by atoms with Gasteiger partial charge in [-0.05, 0) is 135 Å². The summed E-state index contributed by atoms with van der Waals surface area (Å²) >= 11 is 4.09. The molecule has 1 heterocycles. The van der Waals surface area contributed by atoms with Gasteiger partial charge in [0.2, 0.25) is 70.9 Å². The van der Waals surface area contributed by atoms with E-state index in [-0.39, 0.29) is 216 Å². The fourth-order valence-electron chi connectivity index (χ4n) is 10.3. The SMILES string of the molecule is NCCCC[C@@H]1NC(=O)[C@H](CCCN=C(N)N)NC(=O)CCCC(=O)NCCN(CC(=O)N[C@@H](CCCN=C(N)N)C(=O)N[C@@H](CCCN=C(N)N)C(=O)N[C@@H](CCCN=C(N)N)C(=O)N[C@@H](CS)C(N)=O)C(=O)[C@H](CCCN=C(N)N)NC(=O)[C@H](CCCN=C(N)N)NC(=O)[C@H](CCCCN)NC1=O. The number of hydrogen-bond donors (Lipinski definition) is 26. The Kier molecular flexibility index (Phi) is 47.0. The minimum absolute atomic E-state index is 0.00305. The maximum absolute atomic E-state index is 15.3. The highest BCUT2D eigenvalue weighted by molar-refractivity contribution is 7.80. The predicted molar refractivity (Wildman–Crippen MR) is 399 cm³/mol. The Hall–Kier alpha value is -10.5. The molecule has 0 aromatic carbocycles. The number of unbranched alkanes of at least 4 members (excludes halogenated alkanes) is 2. The second-order valence-electron chi connectivity index (χ2n) is 24.5. The smallest absolute Gasteiger partial charge is 0.245 e. The summed E-state index contributed by atoms with van der Waals surface area (Å²) in [6.07, 6.45) is 0.264. The lowest BCUT2D eigenvalue weighted by Gasteiger charge is -2.30. The number of hydrogen-bond acceptors (Lipinski definition) is 21. The van der Waals surface area contributed by atoms with Crippen LogP contribution in [0.3, 0.4) is 0 Å². The number of nitrogens with zero attached hydrogens (tertiary/aromatic N) is 7. The number of carbonyl (C=O) groups excluding carboxylic acids is 12. The minimum Gasteiger partial charge on any atom is -0.370 e. The molecule has 12 amide bonds. The first-order valence-electron chi connectivity index (χ1n) is 34.7. The Morgan fingerprint density at radius 1 is 0.410 bits per heavy atom. The van der Waals surface area contributed by atoms with Crippen molar-refractivity contribution in [1.29, 1.82) is 0 Å². The molecule has 40 N–H and O–H groups in total. The van der Waals surface area contributed by atoms with E-state index in [9.17, 15) is 52.7 Å². The quantitative estimate of drug-likeness (QED) is 0.0117. The molecule has 0 spiro atoms. The predicted octanol–water partition coefficient (Wildman–Crippen LogP) is -11.5. The van der Waals surface area contributed by atoms with E-state index >= 15 is 4.79 Å². The van der Waals surface area contributed by atoms with Crippen LogP contribution >= 0.6 is 12.6 Å². The maximum Gasteiger partial charge on any atom is 0.245 e. The zero-order valence-corrected chi connectivity index (χ0v) is 60.6. The number of thiol groups is 1. The molecule has 105 heavy (non-hydrogen) atoms. The Bertz CT molecular complexity index is 2970. The monoisotopic (exact) mass is 1510 g/mol. The van der Waals surface area contributed by atoms with Crippen LogP contribution in [0.4, 0.5) is 0 Å². The first kappa shape index (κ1) is 92.5. The molecule has 0 aliphatic carbocycles. The zero-order chi connectivity index (χ0) is 78.8. The van der Waals surface area contributed by atoms with Crippen LogP contribution in [0.25, 0.3) is 0 Å². The average molecular weight is 1510 g/mol. The summed E-state index contributed by atoms with van der Waals surface area (Å²) in [5.74, 6) is -12.2. The van der Waals surface area contributed by atoms with Crippen molar-refractivity contribution < 1.29 is 57.5 Å². The van der Waals surface area contributed by atoms with Gasteiger partial charge in [-0.2, -0.15) is 12.6 Å². The van der Waals surface area contributed by atoms with Crippen molar-refractivity contribution in [2.45, 2.75) is 189 Å². The van der Waals surface area contributed by atoms with E-state index < -0.39 is 138 Å². The molecule has 1 aliphatic rings. The van der Waals surface area contributed by atoms with E-state index in [4.69, 9.17) is 86.0 Å². The van der Waals surface area contributed by atoms with Gasteiger partial charge in [0.1, 0.15) is 54.4 Å². The van der Waals surface area contributed by atoms with Crippen molar-refractivity contribution in [2.24, 2.45) is 116 Å². The summed E-state index contributed by atoms with van der Waals surface area (Å²) in [5.41, 5.74) is 84.1. The molecule has 0 unspecified atom stereocenters. The van der Waals surface area contributed by atoms with Crippen LogP contribution < -0.4 is 139 Å². The summed E-state index contributed by atoms with van der Waals surface area (Å²) in [4.78, 5) is 195. The molecule has 0 aromatic heterocycles. The summed E-state index contributed by atoms with van der Waals surface area (Å²) in [5, 5.41) is 26.5. The summed E-state index contributed by atoms with van der Waals surface area (Å²) in [7, 11) is 0. The largest absolute Gasteiger partial charge is 0.370 e. The zero-order valence-electron chi connectivity index (χ0n) is 59.7. The van der Waals surface area contributed by atoms with Crippen molar-refractivity contribution in [3.63, 3.8) is 0 Å². The van der Waals surface area contributed by atoms with Crippen LogP contribution in [-0.4, -0.2) is 244 Å². The van der Waals surface area contributed by atoms with Crippen molar-refractivity contribution in [2.75, 3.05) is 77.7 Å². The Morgan fingerprint density at radius 3 is 1.08 bits per heavy atom. The fourth-order valence-corrected chi connectivity index (χ4v) is 10.5. The highest BCUT2D eigenvalue weighted by Gasteiger charge is 2.36. The lowest BCUT2D eigenvalue weighted by Crippen LogP contribution is -2.60. The number of nitrogens with two attached hydrogens (primary N) is 15. The first-order valence-corrected chi connectivity index (χ1v) is 35.3. The third kappa shape index (κ3) is 42.7. The maximum atomic E-state index is 15.3. The minimum atomic E-state index is -1.58.